The van der Waals surface area contributed by atoms with Crippen LogP contribution in [0.3, 0.4) is 0 Å². The van der Waals surface area contributed by atoms with Crippen molar-refractivity contribution in [2.75, 3.05) is 23.4 Å². The van der Waals surface area contributed by atoms with Gasteiger partial charge in [0.1, 0.15) is 11.5 Å². The second-order valence-corrected chi connectivity index (χ2v) is 10.3. The van der Waals surface area contributed by atoms with E-state index in [1.807, 2.05) is 76.2 Å². The SMILES string of the molecule is CCOc1ccc(N2C(=O)/C(=C/c3cccc(OCC(=O)Nc4c(C)cc(C)cc4C)c3)SC2=S)cc1. The molecular formula is C29H28N2O4S2. The Labute approximate surface area is 226 Å². The molecule has 0 aliphatic carbocycles. The topological polar surface area (TPSA) is 67.9 Å². The molecule has 0 aromatic heterocycles. The lowest BCUT2D eigenvalue weighted by molar-refractivity contribution is -0.118. The van der Waals surface area contributed by atoms with Gasteiger partial charge < -0.3 is 14.8 Å². The van der Waals surface area contributed by atoms with Crippen LogP contribution in [0.5, 0.6) is 11.5 Å². The molecule has 1 N–H and O–H groups in total. The lowest BCUT2D eigenvalue weighted by Crippen LogP contribution is -2.27. The van der Waals surface area contributed by atoms with Gasteiger partial charge in [-0.2, -0.15) is 0 Å². The summed E-state index contributed by atoms with van der Waals surface area (Å²) in [4.78, 5) is 27.7. The van der Waals surface area contributed by atoms with E-state index in [1.54, 1.807) is 18.2 Å². The van der Waals surface area contributed by atoms with Crippen LogP contribution in [0.15, 0.2) is 65.6 Å². The van der Waals surface area contributed by atoms with Crippen molar-refractivity contribution in [2.45, 2.75) is 27.7 Å². The van der Waals surface area contributed by atoms with E-state index in [4.69, 9.17) is 21.7 Å². The molecule has 3 aromatic rings. The molecule has 1 saturated heterocycles. The number of nitrogens with zero attached hydrogens (tertiary/aromatic N) is 1. The molecule has 1 fully saturated rings. The maximum Gasteiger partial charge on any atom is 0.270 e. The third kappa shape index (κ3) is 6.39. The van der Waals surface area contributed by atoms with Crippen LogP contribution in [0.1, 0.15) is 29.2 Å². The van der Waals surface area contributed by atoms with Crippen molar-refractivity contribution >= 4 is 57.6 Å². The third-order valence-electron chi connectivity index (χ3n) is 5.67. The van der Waals surface area contributed by atoms with E-state index in [1.165, 1.54) is 16.7 Å². The van der Waals surface area contributed by atoms with Gasteiger partial charge in [-0.1, -0.05) is 53.8 Å². The summed E-state index contributed by atoms with van der Waals surface area (Å²) in [5.74, 6) is 0.843. The highest BCUT2D eigenvalue weighted by atomic mass is 32.2. The first-order chi connectivity index (χ1) is 17.7. The summed E-state index contributed by atoms with van der Waals surface area (Å²) >= 11 is 6.73. The second kappa shape index (κ2) is 11.6. The molecule has 0 radical (unpaired) electrons. The van der Waals surface area contributed by atoms with Gasteiger partial charge in [0.05, 0.1) is 17.2 Å². The molecule has 190 valence electrons. The number of amides is 2. The molecule has 0 bridgehead atoms. The Morgan fingerprint density at radius 1 is 1.00 bits per heavy atom. The highest BCUT2D eigenvalue weighted by molar-refractivity contribution is 8.27. The summed E-state index contributed by atoms with van der Waals surface area (Å²) in [5, 5.41) is 2.94. The van der Waals surface area contributed by atoms with Gasteiger partial charge in [0.2, 0.25) is 0 Å². The number of thiocarbonyl (C=S) groups is 1. The first kappa shape index (κ1) is 26.4. The lowest BCUT2D eigenvalue weighted by Gasteiger charge is -2.15. The number of hydrogen-bond donors (Lipinski definition) is 1. The molecule has 0 atom stereocenters. The fourth-order valence-electron chi connectivity index (χ4n) is 4.10. The Morgan fingerprint density at radius 2 is 1.70 bits per heavy atom. The zero-order chi connectivity index (χ0) is 26.5. The van der Waals surface area contributed by atoms with Crippen molar-refractivity contribution in [3.05, 3.63) is 87.8 Å². The molecule has 0 spiro atoms. The smallest absolute Gasteiger partial charge is 0.270 e. The normalized spacial score (nSPS) is 14.3. The molecule has 6 nitrogen and oxygen atoms in total. The predicted molar refractivity (Wildman–Crippen MR) is 154 cm³/mol. The Morgan fingerprint density at radius 3 is 2.38 bits per heavy atom. The van der Waals surface area contributed by atoms with Crippen LogP contribution in [0, 0.1) is 20.8 Å². The average Bonchev–Trinajstić information content (AvgIpc) is 3.13. The largest absolute Gasteiger partial charge is 0.494 e. The average molecular weight is 533 g/mol. The first-order valence-electron chi connectivity index (χ1n) is 11.9. The molecule has 0 unspecified atom stereocenters. The van der Waals surface area contributed by atoms with Gasteiger partial charge in [-0.25, -0.2) is 0 Å². The monoisotopic (exact) mass is 532 g/mol. The van der Waals surface area contributed by atoms with E-state index < -0.39 is 0 Å². The molecule has 1 aliphatic heterocycles. The number of aryl methyl sites for hydroxylation is 3. The number of hydrogen-bond acceptors (Lipinski definition) is 6. The lowest BCUT2D eigenvalue weighted by atomic mass is 10.1. The molecule has 3 aromatic carbocycles. The van der Waals surface area contributed by atoms with Gasteiger partial charge in [-0.3, -0.25) is 14.5 Å². The van der Waals surface area contributed by atoms with E-state index in [2.05, 4.69) is 5.32 Å². The summed E-state index contributed by atoms with van der Waals surface area (Å²) in [6.45, 7) is 8.33. The minimum absolute atomic E-state index is 0.129. The Balaban J connectivity index is 1.42. The number of benzene rings is 3. The van der Waals surface area contributed by atoms with Gasteiger partial charge in [0, 0.05) is 5.69 Å². The van der Waals surface area contributed by atoms with E-state index in [0.29, 0.717) is 27.3 Å². The zero-order valence-corrected chi connectivity index (χ0v) is 22.8. The summed E-state index contributed by atoms with van der Waals surface area (Å²) in [6, 6.07) is 18.6. The molecular weight excluding hydrogens is 504 g/mol. The van der Waals surface area contributed by atoms with Gasteiger partial charge in [-0.15, -0.1) is 0 Å². The highest BCUT2D eigenvalue weighted by Crippen LogP contribution is 2.36. The first-order valence-corrected chi connectivity index (χ1v) is 13.1. The van der Waals surface area contributed by atoms with E-state index in [-0.39, 0.29) is 18.4 Å². The molecule has 2 amide bonds. The summed E-state index contributed by atoms with van der Waals surface area (Å²) in [5.41, 5.74) is 5.44. The van der Waals surface area contributed by atoms with Crippen LogP contribution in [0.4, 0.5) is 11.4 Å². The van der Waals surface area contributed by atoms with Gasteiger partial charge in [-0.05, 0) is 86.9 Å². The van der Waals surface area contributed by atoms with Crippen molar-refractivity contribution in [1.29, 1.82) is 0 Å². The minimum atomic E-state index is -0.239. The Kier molecular flexibility index (Phi) is 8.31. The number of rotatable bonds is 8. The molecule has 0 saturated carbocycles. The molecule has 37 heavy (non-hydrogen) atoms. The Bertz CT molecular complexity index is 1360. The number of anilines is 2. The highest BCUT2D eigenvalue weighted by Gasteiger charge is 2.33. The van der Waals surface area contributed by atoms with Crippen LogP contribution in [0.25, 0.3) is 6.08 Å². The fraction of sp³-hybridized carbons (Fsp3) is 0.207. The van der Waals surface area contributed by atoms with Crippen LogP contribution < -0.4 is 19.7 Å². The molecule has 4 rings (SSSR count). The van der Waals surface area contributed by atoms with Crippen molar-refractivity contribution in [3.8, 4) is 11.5 Å². The number of carbonyl (C=O) groups is 2. The number of thioether (sulfide) groups is 1. The predicted octanol–water partition coefficient (Wildman–Crippen LogP) is 6.43. The third-order valence-corrected chi connectivity index (χ3v) is 6.97. The summed E-state index contributed by atoms with van der Waals surface area (Å²) in [6.07, 6.45) is 1.78. The second-order valence-electron chi connectivity index (χ2n) is 8.63. The maximum absolute atomic E-state index is 13.1. The van der Waals surface area contributed by atoms with E-state index >= 15 is 0 Å². The van der Waals surface area contributed by atoms with E-state index in [0.717, 1.165) is 33.7 Å². The minimum Gasteiger partial charge on any atom is -0.494 e. The van der Waals surface area contributed by atoms with Gasteiger partial charge in [0.25, 0.3) is 11.8 Å². The van der Waals surface area contributed by atoms with Crippen molar-refractivity contribution in [2.24, 2.45) is 0 Å². The fourth-order valence-corrected chi connectivity index (χ4v) is 5.39. The quantitative estimate of drug-likeness (QED) is 0.266. The van der Waals surface area contributed by atoms with Crippen molar-refractivity contribution < 1.29 is 19.1 Å². The Hall–Kier alpha value is -3.62. The molecule has 8 heteroatoms. The van der Waals surface area contributed by atoms with Crippen LogP contribution >= 0.6 is 24.0 Å². The summed E-state index contributed by atoms with van der Waals surface area (Å²) < 4.78 is 11.7. The zero-order valence-electron chi connectivity index (χ0n) is 21.2. The number of nitrogens with one attached hydrogen (secondary N) is 1. The van der Waals surface area contributed by atoms with Crippen LogP contribution in [-0.4, -0.2) is 29.3 Å². The van der Waals surface area contributed by atoms with Gasteiger partial charge >= 0.3 is 0 Å². The van der Waals surface area contributed by atoms with Crippen molar-refractivity contribution in [3.63, 3.8) is 0 Å². The standard InChI is InChI=1S/C29H28N2O4S2/c1-5-34-23-11-9-22(10-12-23)31-28(33)25(37-29(31)36)16-21-7-6-8-24(15-21)35-17-26(32)30-27-19(3)13-18(2)14-20(27)4/h6-16H,5,17H2,1-4H3,(H,30,32)/b25-16-. The number of ether oxygens (including phenoxy) is 2. The molecule has 1 aliphatic rings. The van der Waals surface area contributed by atoms with Crippen LogP contribution in [-0.2, 0) is 9.59 Å². The van der Waals surface area contributed by atoms with Crippen molar-refractivity contribution in [1.82, 2.24) is 0 Å². The summed E-state index contributed by atoms with van der Waals surface area (Å²) in [7, 11) is 0. The van der Waals surface area contributed by atoms with Crippen LogP contribution in [0.2, 0.25) is 0 Å². The van der Waals surface area contributed by atoms with E-state index in [9.17, 15) is 9.59 Å². The van der Waals surface area contributed by atoms with Gasteiger partial charge in [0.15, 0.2) is 10.9 Å². The number of carbonyl (C=O) groups excluding carboxylic acids is 2. The molecule has 1 heterocycles. The maximum atomic E-state index is 13.1.